The van der Waals surface area contributed by atoms with Crippen LogP contribution < -0.4 is 14.4 Å². The topological polar surface area (TPSA) is 96.0 Å². The zero-order chi connectivity index (χ0) is 31.7. The molecule has 0 spiro atoms. The second kappa shape index (κ2) is 14.9. The maximum Gasteiger partial charge on any atom is 0.264 e. The molecule has 0 heterocycles. The van der Waals surface area contributed by atoms with Gasteiger partial charge >= 0.3 is 0 Å². The van der Waals surface area contributed by atoms with Gasteiger partial charge in [-0.1, -0.05) is 66.2 Å². The number of sulfonamides is 1. The van der Waals surface area contributed by atoms with Gasteiger partial charge in [-0.05, 0) is 79.1 Å². The molecule has 2 amide bonds. The molecular formula is C34H36ClN3O5S. The highest BCUT2D eigenvalue weighted by atomic mass is 35.5. The number of hydrogen-bond donors (Lipinski definition) is 1. The highest BCUT2D eigenvalue weighted by Crippen LogP contribution is 2.27. The van der Waals surface area contributed by atoms with Gasteiger partial charge in [0.1, 0.15) is 18.3 Å². The highest BCUT2D eigenvalue weighted by molar-refractivity contribution is 7.92. The maximum atomic E-state index is 14.4. The van der Waals surface area contributed by atoms with Crippen molar-refractivity contribution in [1.29, 1.82) is 0 Å². The van der Waals surface area contributed by atoms with Gasteiger partial charge in [0.05, 0.1) is 17.7 Å². The van der Waals surface area contributed by atoms with E-state index in [1.807, 2.05) is 68.4 Å². The van der Waals surface area contributed by atoms with Crippen LogP contribution in [-0.4, -0.2) is 51.4 Å². The van der Waals surface area contributed by atoms with Gasteiger partial charge in [-0.25, -0.2) is 8.42 Å². The molecule has 0 aliphatic heterocycles. The molecule has 4 aromatic rings. The van der Waals surface area contributed by atoms with Crippen LogP contribution in [0.4, 0.5) is 5.69 Å². The molecule has 1 atom stereocenters. The predicted molar refractivity (Wildman–Crippen MR) is 173 cm³/mol. The smallest absolute Gasteiger partial charge is 0.264 e. The first-order valence-electron chi connectivity index (χ1n) is 14.2. The maximum absolute atomic E-state index is 14.4. The summed E-state index contributed by atoms with van der Waals surface area (Å²) in [6, 6.07) is 28.3. The van der Waals surface area contributed by atoms with Gasteiger partial charge in [-0.15, -0.1) is 0 Å². The van der Waals surface area contributed by atoms with E-state index in [9.17, 15) is 18.0 Å². The van der Waals surface area contributed by atoms with Crippen LogP contribution in [0.3, 0.4) is 0 Å². The lowest BCUT2D eigenvalue weighted by Gasteiger charge is -2.34. The molecule has 230 valence electrons. The molecule has 0 saturated heterocycles. The van der Waals surface area contributed by atoms with E-state index in [-0.39, 0.29) is 29.5 Å². The molecule has 44 heavy (non-hydrogen) atoms. The third-order valence-electron chi connectivity index (χ3n) is 7.26. The molecule has 0 aliphatic rings. The van der Waals surface area contributed by atoms with Crippen molar-refractivity contribution >= 4 is 39.1 Å². The van der Waals surface area contributed by atoms with E-state index in [1.165, 1.54) is 24.1 Å². The Morgan fingerprint density at radius 3 is 2.14 bits per heavy atom. The summed E-state index contributed by atoms with van der Waals surface area (Å²) in [5.74, 6) is -0.366. The van der Waals surface area contributed by atoms with E-state index < -0.39 is 28.5 Å². The van der Waals surface area contributed by atoms with Crippen molar-refractivity contribution < 1.29 is 22.7 Å². The lowest BCUT2D eigenvalue weighted by Crippen LogP contribution is -2.53. The van der Waals surface area contributed by atoms with Crippen molar-refractivity contribution in [1.82, 2.24) is 10.2 Å². The van der Waals surface area contributed by atoms with Crippen LogP contribution in [0.1, 0.15) is 23.6 Å². The van der Waals surface area contributed by atoms with E-state index in [0.29, 0.717) is 17.3 Å². The van der Waals surface area contributed by atoms with Gasteiger partial charge in [0, 0.05) is 24.5 Å². The Morgan fingerprint density at radius 2 is 1.52 bits per heavy atom. The van der Waals surface area contributed by atoms with Crippen LogP contribution in [0.25, 0.3) is 0 Å². The molecule has 0 aromatic heterocycles. The van der Waals surface area contributed by atoms with Gasteiger partial charge in [0.2, 0.25) is 11.8 Å². The minimum atomic E-state index is -4.23. The molecule has 4 rings (SSSR count). The Balaban J connectivity index is 1.80. The summed E-state index contributed by atoms with van der Waals surface area (Å²) in [5.41, 5.74) is 2.91. The number of methoxy groups -OCH3 is 1. The fourth-order valence-electron chi connectivity index (χ4n) is 4.83. The van der Waals surface area contributed by atoms with Gasteiger partial charge in [-0.3, -0.25) is 13.9 Å². The number of likely N-dealkylation sites (N-methyl/N-ethyl adjacent to an activating group) is 1. The fourth-order valence-corrected chi connectivity index (χ4v) is 6.37. The molecule has 0 saturated carbocycles. The van der Waals surface area contributed by atoms with Crippen LogP contribution in [0.5, 0.6) is 5.75 Å². The Morgan fingerprint density at radius 1 is 0.886 bits per heavy atom. The zero-order valence-electron chi connectivity index (χ0n) is 24.9. The summed E-state index contributed by atoms with van der Waals surface area (Å²) >= 11 is 6.12. The first kappa shape index (κ1) is 32.6. The number of nitrogens with zero attached hydrogens (tertiary/aromatic N) is 2. The van der Waals surface area contributed by atoms with Crippen molar-refractivity contribution in [3.63, 3.8) is 0 Å². The van der Waals surface area contributed by atoms with Crippen molar-refractivity contribution in [2.45, 2.75) is 37.8 Å². The van der Waals surface area contributed by atoms with Gasteiger partial charge in [-0.2, -0.15) is 0 Å². The third kappa shape index (κ3) is 7.98. The van der Waals surface area contributed by atoms with Crippen molar-refractivity contribution in [2.75, 3.05) is 24.5 Å². The average molecular weight is 634 g/mol. The number of aryl methyl sites for hydroxylation is 1. The zero-order valence-corrected chi connectivity index (χ0v) is 26.5. The number of carbonyl (C=O) groups excluding carboxylic acids is 2. The van der Waals surface area contributed by atoms with Crippen molar-refractivity contribution in [2.24, 2.45) is 0 Å². The number of rotatable bonds is 13. The minimum absolute atomic E-state index is 0.0175. The fraction of sp³-hybridized carbons (Fsp3) is 0.235. The predicted octanol–water partition coefficient (Wildman–Crippen LogP) is 5.63. The summed E-state index contributed by atoms with van der Waals surface area (Å²) in [7, 11) is -2.74. The SMILES string of the molecule is CCNC(=O)[C@@H](Cc1ccccc1)N(Cc1ccccc1C)C(=O)CN(c1ccc(Cl)cc1)S(=O)(=O)c1ccc(OC)cc1. The van der Waals surface area contributed by atoms with Crippen LogP contribution in [0.2, 0.25) is 5.02 Å². The largest absolute Gasteiger partial charge is 0.497 e. The van der Waals surface area contributed by atoms with Gasteiger partial charge in [0.25, 0.3) is 10.0 Å². The van der Waals surface area contributed by atoms with E-state index in [2.05, 4.69) is 5.32 Å². The van der Waals surface area contributed by atoms with Crippen LogP contribution >= 0.6 is 11.6 Å². The van der Waals surface area contributed by atoms with E-state index >= 15 is 0 Å². The summed E-state index contributed by atoms with van der Waals surface area (Å²) < 4.78 is 34.4. The van der Waals surface area contributed by atoms with Crippen LogP contribution in [0.15, 0.2) is 108 Å². The van der Waals surface area contributed by atoms with Crippen molar-refractivity contribution in [3.05, 3.63) is 125 Å². The molecule has 0 fully saturated rings. The number of anilines is 1. The second-order valence-electron chi connectivity index (χ2n) is 10.2. The summed E-state index contributed by atoms with van der Waals surface area (Å²) in [6.07, 6.45) is 0.246. The second-order valence-corrected chi connectivity index (χ2v) is 12.5. The number of hydrogen-bond acceptors (Lipinski definition) is 5. The molecule has 4 aromatic carbocycles. The number of amides is 2. The first-order chi connectivity index (χ1) is 21.1. The monoisotopic (exact) mass is 633 g/mol. The standard InChI is InChI=1S/C34H36ClN3O5S/c1-4-36-34(40)32(22-26-11-6-5-7-12-26)37(23-27-13-9-8-10-25(27)2)33(39)24-38(29-16-14-28(35)15-17-29)44(41,42)31-20-18-30(43-3)19-21-31/h5-21,32H,4,22-24H2,1-3H3,(H,36,40)/t32-/m1/s1. The Labute approximate surface area is 264 Å². The average Bonchev–Trinajstić information content (AvgIpc) is 3.03. The number of benzene rings is 4. The third-order valence-corrected chi connectivity index (χ3v) is 9.31. The molecular weight excluding hydrogens is 598 g/mol. The van der Waals surface area contributed by atoms with Crippen molar-refractivity contribution in [3.8, 4) is 5.75 Å². The van der Waals surface area contributed by atoms with Crippen LogP contribution in [0, 0.1) is 6.92 Å². The minimum Gasteiger partial charge on any atom is -0.497 e. The first-order valence-corrected chi connectivity index (χ1v) is 16.0. The number of halogens is 1. The summed E-state index contributed by atoms with van der Waals surface area (Å²) in [4.78, 5) is 29.5. The quantitative estimate of drug-likeness (QED) is 0.206. The Kier molecular flexibility index (Phi) is 11.0. The lowest BCUT2D eigenvalue weighted by atomic mass is 10.0. The Bertz CT molecular complexity index is 1660. The van der Waals surface area contributed by atoms with Gasteiger partial charge < -0.3 is 15.0 Å². The van der Waals surface area contributed by atoms with Crippen LogP contribution in [-0.2, 0) is 32.6 Å². The normalized spacial score (nSPS) is 11.8. The Hall–Kier alpha value is -4.34. The molecule has 10 heteroatoms. The molecule has 1 N–H and O–H groups in total. The van der Waals surface area contributed by atoms with E-state index in [0.717, 1.165) is 21.0 Å². The molecule has 8 nitrogen and oxygen atoms in total. The molecule has 0 bridgehead atoms. The molecule has 0 aliphatic carbocycles. The molecule has 0 unspecified atom stereocenters. The van der Waals surface area contributed by atoms with E-state index in [4.69, 9.17) is 16.3 Å². The van der Waals surface area contributed by atoms with Gasteiger partial charge in [0.15, 0.2) is 0 Å². The lowest BCUT2D eigenvalue weighted by molar-refractivity contribution is -0.140. The van der Waals surface area contributed by atoms with E-state index in [1.54, 1.807) is 36.4 Å². The molecule has 0 radical (unpaired) electrons. The summed E-state index contributed by atoms with van der Waals surface area (Å²) in [5, 5.41) is 3.29. The number of nitrogens with one attached hydrogen (secondary N) is 1. The number of carbonyl (C=O) groups is 2. The summed E-state index contributed by atoms with van der Waals surface area (Å²) in [6.45, 7) is 3.68. The number of ether oxygens (including phenoxy) is 1. The highest BCUT2D eigenvalue weighted by Gasteiger charge is 2.34.